The number of esters is 2. The van der Waals surface area contributed by atoms with Gasteiger partial charge in [0.1, 0.15) is 35.1 Å². The van der Waals surface area contributed by atoms with Crippen molar-refractivity contribution >= 4 is 17.7 Å². The van der Waals surface area contributed by atoms with Gasteiger partial charge in [0, 0.05) is 47.2 Å². The van der Waals surface area contributed by atoms with Crippen LogP contribution in [0.2, 0.25) is 0 Å². The van der Waals surface area contributed by atoms with Crippen molar-refractivity contribution in [2.75, 3.05) is 26.4 Å². The van der Waals surface area contributed by atoms with Crippen LogP contribution in [-0.4, -0.2) is 106 Å². The van der Waals surface area contributed by atoms with Gasteiger partial charge in [-0.05, 0) is 197 Å². The number of hydrogen-bond donors (Lipinski definition) is 4. The number of hydrogen-bond acceptors (Lipinski definition) is 13. The molecule has 0 radical (unpaired) electrons. The number of nitrogens with zero attached hydrogens (tertiary/aromatic N) is 1. The van der Waals surface area contributed by atoms with Crippen molar-refractivity contribution in [3.63, 3.8) is 0 Å². The molecule has 7 aliphatic heterocycles. The first kappa shape index (κ1) is 53.3. The average molecular weight is 1170 g/mol. The highest BCUT2D eigenvalue weighted by Gasteiger charge is 3.02. The van der Waals surface area contributed by atoms with Gasteiger partial charge >= 0.3 is 11.9 Å². The largest absolute Gasteiger partial charge is 0.469 e. The third kappa shape index (κ3) is 5.64. The topological polar surface area (TPSA) is 181 Å². The number of nitrogens with one attached hydrogen (secondary N) is 1. The predicted molar refractivity (Wildman–Crippen MR) is 313 cm³/mol. The van der Waals surface area contributed by atoms with Gasteiger partial charge < -0.3 is 43.6 Å². The monoisotopic (exact) mass is 1170 g/mol. The zero-order valence-electron chi connectivity index (χ0n) is 50.5. The maximum absolute atomic E-state index is 17.6. The molecular formula is C73H86N2O11. The Morgan fingerprint density at radius 1 is 0.965 bits per heavy atom. The summed E-state index contributed by atoms with van der Waals surface area (Å²) in [7, 11) is 0. The first-order valence-electron chi connectivity index (χ1n) is 34.0. The minimum atomic E-state index is -1.58. The van der Waals surface area contributed by atoms with Gasteiger partial charge in [-0.25, -0.2) is 4.79 Å². The third-order valence-corrected chi connectivity index (χ3v) is 29.5. The molecule has 0 amide bonds. The standard InChI is InChI=1S/C73H86N2O11/c1-38(2)22-48-27-50-28-49-24-41-18-20-69-64(81)83-36-68-59-46(32-67(49,69)30-41)31-65(3)71-47(16-13-45-35-82-56(57(45)71)29-52(55(77)34-76)43-14-17-51-44(26-43)19-21-75-37-74-33-54(51)75)15-12-42-11-10-40(23-39-8-6-5-7-9-39)25-53(42)70(59,73(65)62(84-73)63(80)85-71)61(79)58(78)60(68)66(48,4)86-72(50,68)69/h5-9,18-21,27,35,38,40-44,46-49,51-55,59-62,74,76-77,79H,10-11,13-14,16-17,22-26,28-34,36-37H2,1-4H3/t40-,41-,42+,43-,44-,46+,47-,48+,49-,51+,52+,53+,54-,55-,59-,60-,61-,62-,65+,66+,67+,68-,69-,70+,71+,72-,73-/m1/s1. The number of benzene rings is 1. The van der Waals surface area contributed by atoms with Gasteiger partial charge in [0.25, 0.3) is 0 Å². The van der Waals surface area contributed by atoms with Crippen molar-refractivity contribution in [1.29, 1.82) is 0 Å². The van der Waals surface area contributed by atoms with E-state index in [4.69, 9.17) is 23.4 Å². The number of carbonyl (C=O) groups is 3. The molecule has 8 heterocycles. The van der Waals surface area contributed by atoms with Crippen LogP contribution < -0.4 is 5.32 Å². The Kier molecular flexibility index (Phi) is 10.6. The Morgan fingerprint density at radius 2 is 1.83 bits per heavy atom. The smallest absolute Gasteiger partial charge is 0.339 e. The maximum Gasteiger partial charge on any atom is 0.339 e. The summed E-state index contributed by atoms with van der Waals surface area (Å²) in [6, 6.07) is 11.2. The number of epoxide rings is 1. The number of allylic oxidation sites excluding steroid dienone is 2. The summed E-state index contributed by atoms with van der Waals surface area (Å²) in [5.74, 6) is 6.36. The maximum atomic E-state index is 17.6. The summed E-state index contributed by atoms with van der Waals surface area (Å²) in [4.78, 5) is 52.6. The van der Waals surface area contributed by atoms with Crippen molar-refractivity contribution in [1.82, 2.24) is 10.2 Å². The Hall–Kier alpha value is -4.55. The molecule has 4 N–H and O–H groups in total. The van der Waals surface area contributed by atoms with E-state index in [-0.39, 0.29) is 78.2 Å². The normalized spacial score (nSPS) is 53.0. The average Bonchev–Trinajstić information content (AvgIpc) is 1.39. The molecule has 1 aromatic heterocycles. The van der Waals surface area contributed by atoms with E-state index in [9.17, 15) is 15.3 Å². The zero-order chi connectivity index (χ0) is 58.2. The lowest BCUT2D eigenvalue weighted by Crippen LogP contribution is -2.85. The SMILES string of the molecule is CC(C)C[C@H]1C=C2C[C@H]3C[C@H]4C=C[C@@]56C(=O)OC[C@]78[C@H](C(=O)[C@@H](O)[C@]9%10[C@@H]7[C@H](C[C@@]35C4)C[C@]3(C)[C@@]94O[C@@H]4C(=O)O[C@@]34c3c(coc3C[C@@H]([C@@H]3CC[C@H]5[C@H](C=CN7CNC[C@H]57)C3)[C@H](O)CO)CC[C@H]4C#C[C@@H]3CC[C@H](Cc4ccccc4)C[C@@H]3%10)[C@@]1(C)O[C@]286. The van der Waals surface area contributed by atoms with Crippen LogP contribution in [0.3, 0.4) is 0 Å². The Labute approximate surface area is 505 Å². The number of fused-ring (bicyclic) bond motifs is 8. The number of carbonyl (C=O) groups excluding carboxylic acids is 3. The van der Waals surface area contributed by atoms with Gasteiger partial charge in [-0.15, -0.1) is 0 Å². The molecule has 10 aliphatic carbocycles. The molecule has 2 aromatic rings. The molecule has 454 valence electrons. The van der Waals surface area contributed by atoms with Crippen molar-refractivity contribution in [2.24, 2.45) is 116 Å². The van der Waals surface area contributed by atoms with Crippen molar-refractivity contribution in [3.05, 3.63) is 95.1 Å². The Morgan fingerprint density at radius 3 is 2.66 bits per heavy atom. The van der Waals surface area contributed by atoms with Crippen molar-refractivity contribution < 1.29 is 53.1 Å². The predicted octanol–water partition coefficient (Wildman–Crippen LogP) is 8.56. The fourth-order valence-corrected chi connectivity index (χ4v) is 27.4. The summed E-state index contributed by atoms with van der Waals surface area (Å²) in [5.41, 5.74) is -6.62. The second-order valence-electron chi connectivity index (χ2n) is 32.5. The summed E-state index contributed by atoms with van der Waals surface area (Å²) in [6.07, 6.45) is 22.1. The molecular weight excluding hydrogens is 1080 g/mol. The van der Waals surface area contributed by atoms with Crippen LogP contribution in [-0.2, 0) is 58.2 Å². The number of furan rings is 1. The third-order valence-electron chi connectivity index (χ3n) is 29.5. The van der Waals surface area contributed by atoms with E-state index in [2.05, 4.69) is 111 Å². The second kappa shape index (κ2) is 17.1. The van der Waals surface area contributed by atoms with Crippen LogP contribution >= 0.6 is 0 Å². The van der Waals surface area contributed by atoms with Crippen molar-refractivity contribution in [3.8, 4) is 11.8 Å². The van der Waals surface area contributed by atoms with Gasteiger partial charge in [0.2, 0.25) is 0 Å². The number of aliphatic hydroxyl groups excluding tert-OH is 3. The molecule has 7 saturated carbocycles. The van der Waals surface area contributed by atoms with Crippen LogP contribution in [0.4, 0.5) is 0 Å². The minimum Gasteiger partial charge on any atom is -0.469 e. The lowest BCUT2D eigenvalue weighted by atomic mass is 9.27. The summed E-state index contributed by atoms with van der Waals surface area (Å²) >= 11 is 0. The summed E-state index contributed by atoms with van der Waals surface area (Å²) in [6.45, 7) is 10.4. The minimum absolute atomic E-state index is 0.00980. The molecule has 1 aromatic carbocycles. The first-order valence-corrected chi connectivity index (χ1v) is 34.0. The molecule has 10 bridgehead atoms. The van der Waals surface area contributed by atoms with E-state index >= 15 is 14.4 Å². The van der Waals surface area contributed by atoms with E-state index < -0.39 is 97.4 Å². The van der Waals surface area contributed by atoms with Gasteiger partial charge in [-0.1, -0.05) is 87.2 Å². The Bertz CT molecular complexity index is 3490. The number of cyclic esters (lactones) is 1. The molecule has 13 heteroatoms. The van der Waals surface area contributed by atoms with Gasteiger partial charge in [-0.2, -0.15) is 0 Å². The summed E-state index contributed by atoms with van der Waals surface area (Å²) < 4.78 is 38.1. The molecule has 5 saturated heterocycles. The van der Waals surface area contributed by atoms with E-state index in [1.54, 1.807) is 0 Å². The van der Waals surface area contributed by atoms with Crippen LogP contribution in [0.1, 0.15) is 134 Å². The van der Waals surface area contributed by atoms with Crippen molar-refractivity contribution in [2.45, 2.75) is 177 Å². The lowest BCUT2D eigenvalue weighted by Gasteiger charge is -2.75. The molecule has 19 rings (SSSR count). The molecule has 13 nitrogen and oxygen atoms in total. The number of aliphatic hydroxyl groups is 3. The molecule has 7 spiro atoms. The van der Waals surface area contributed by atoms with E-state index in [1.165, 1.54) is 11.1 Å². The number of rotatable bonds is 9. The second-order valence-corrected chi connectivity index (χ2v) is 32.5. The van der Waals surface area contributed by atoms with E-state index in [0.29, 0.717) is 62.2 Å². The summed E-state index contributed by atoms with van der Waals surface area (Å²) in [5, 5.41) is 41.9. The molecule has 17 aliphatic rings. The lowest BCUT2D eigenvalue weighted by molar-refractivity contribution is -0.324. The van der Waals surface area contributed by atoms with Crippen LogP contribution in [0, 0.1) is 128 Å². The zero-order valence-corrected chi connectivity index (χ0v) is 50.5. The molecule has 12 fully saturated rings. The van der Waals surface area contributed by atoms with Crippen LogP contribution in [0.25, 0.3) is 0 Å². The van der Waals surface area contributed by atoms with Gasteiger partial charge in [-0.3, -0.25) is 14.9 Å². The number of ketones is 1. The molecule has 86 heavy (non-hydrogen) atoms. The quantitative estimate of drug-likeness (QED) is 0.0813. The fourth-order valence-electron chi connectivity index (χ4n) is 27.4. The van der Waals surface area contributed by atoms with E-state index in [0.717, 1.165) is 88.5 Å². The number of aryl methyl sites for hydroxylation is 1. The molecule has 27 atom stereocenters. The fraction of sp³-hybridized carbons (Fsp3) is 0.712. The van der Waals surface area contributed by atoms with Gasteiger partial charge in [0.05, 0.1) is 48.5 Å². The highest BCUT2D eigenvalue weighted by atomic mass is 16.7. The first-order chi connectivity index (χ1) is 41.5. The van der Waals surface area contributed by atoms with Crippen LogP contribution in [0.5, 0.6) is 0 Å². The number of ether oxygens (including phenoxy) is 4. The van der Waals surface area contributed by atoms with Crippen LogP contribution in [0.15, 0.2) is 77.1 Å². The highest BCUT2D eigenvalue weighted by molar-refractivity contribution is 5.96. The van der Waals surface area contributed by atoms with E-state index in [1.807, 2.05) is 6.26 Å². The molecule has 0 unspecified atom stereocenters. The van der Waals surface area contributed by atoms with Gasteiger partial charge in [0.15, 0.2) is 17.5 Å². The number of Topliss-reactive ketones (excluding diaryl/α,β-unsaturated/α-hetero) is 1. The Balaban J connectivity index is 0.860. The highest BCUT2D eigenvalue weighted by Crippen LogP contribution is 2.93.